The molecule has 0 aliphatic carbocycles. The van der Waals surface area contributed by atoms with E-state index in [9.17, 15) is 4.79 Å². The lowest BCUT2D eigenvalue weighted by Gasteiger charge is -2.08. The molecular formula is C7H15NO2. The number of hydrogen-bond acceptors (Lipinski definition) is 2. The van der Waals surface area contributed by atoms with Gasteiger partial charge in [0, 0.05) is 6.42 Å². The molecule has 0 fully saturated rings. The molecule has 0 aliphatic rings. The summed E-state index contributed by atoms with van der Waals surface area (Å²) in [7, 11) is 0. The van der Waals surface area contributed by atoms with Gasteiger partial charge >= 0.3 is 5.97 Å². The number of carboxylic acid groups (broad SMARTS) is 1. The number of hydrogen-bond donors (Lipinski definition) is 2. The summed E-state index contributed by atoms with van der Waals surface area (Å²) in [4.78, 5) is 10.1. The molecule has 0 saturated heterocycles. The standard InChI is InChI=1S/C7H15NO2/c1-2-6(5-8)3-4-7(9)10/h6H,2-5,8H2,1H3,(H,9,10)/t6-/m1/s1. The molecule has 0 spiro atoms. The fourth-order valence-electron chi connectivity index (χ4n) is 0.816. The number of aliphatic carboxylic acids is 1. The smallest absolute Gasteiger partial charge is 0.303 e. The molecule has 0 saturated carbocycles. The fraction of sp³-hybridized carbons (Fsp3) is 0.857. The second kappa shape index (κ2) is 5.23. The maximum absolute atomic E-state index is 10.1. The third-order valence-corrected chi connectivity index (χ3v) is 1.68. The van der Waals surface area contributed by atoms with E-state index >= 15 is 0 Å². The summed E-state index contributed by atoms with van der Waals surface area (Å²) in [5, 5.41) is 8.31. The average Bonchev–Trinajstić information content (AvgIpc) is 1.90. The van der Waals surface area contributed by atoms with Crippen LogP contribution in [0.25, 0.3) is 0 Å². The van der Waals surface area contributed by atoms with Crippen LogP contribution in [-0.4, -0.2) is 17.6 Å². The van der Waals surface area contributed by atoms with Crippen molar-refractivity contribution in [1.29, 1.82) is 0 Å². The highest BCUT2D eigenvalue weighted by atomic mass is 16.4. The zero-order chi connectivity index (χ0) is 7.98. The summed E-state index contributed by atoms with van der Waals surface area (Å²) in [5.74, 6) is -0.344. The van der Waals surface area contributed by atoms with Crippen LogP contribution in [0, 0.1) is 5.92 Å². The van der Waals surface area contributed by atoms with Gasteiger partial charge in [0.25, 0.3) is 0 Å². The molecule has 10 heavy (non-hydrogen) atoms. The van der Waals surface area contributed by atoms with Gasteiger partial charge in [-0.2, -0.15) is 0 Å². The van der Waals surface area contributed by atoms with E-state index in [0.717, 1.165) is 6.42 Å². The number of rotatable bonds is 5. The van der Waals surface area contributed by atoms with Crippen molar-refractivity contribution >= 4 is 5.97 Å². The predicted molar refractivity (Wildman–Crippen MR) is 39.7 cm³/mol. The molecular weight excluding hydrogens is 130 g/mol. The monoisotopic (exact) mass is 145 g/mol. The number of carboxylic acids is 1. The Balaban J connectivity index is 3.34. The molecule has 0 aromatic carbocycles. The Kier molecular flexibility index (Phi) is 4.94. The van der Waals surface area contributed by atoms with Crippen LogP contribution in [0.2, 0.25) is 0 Å². The first-order valence-corrected chi connectivity index (χ1v) is 3.62. The van der Waals surface area contributed by atoms with Crippen LogP contribution >= 0.6 is 0 Å². The molecule has 60 valence electrons. The largest absolute Gasteiger partial charge is 0.481 e. The van der Waals surface area contributed by atoms with E-state index in [4.69, 9.17) is 10.8 Å². The maximum Gasteiger partial charge on any atom is 0.303 e. The lowest BCUT2D eigenvalue weighted by molar-refractivity contribution is -0.137. The molecule has 0 aliphatic heterocycles. The lowest BCUT2D eigenvalue weighted by atomic mass is 10.0. The highest BCUT2D eigenvalue weighted by molar-refractivity contribution is 5.66. The molecule has 0 rings (SSSR count). The van der Waals surface area contributed by atoms with Crippen molar-refractivity contribution < 1.29 is 9.90 Å². The Morgan fingerprint density at radius 1 is 1.70 bits per heavy atom. The highest BCUT2D eigenvalue weighted by Crippen LogP contribution is 2.08. The van der Waals surface area contributed by atoms with E-state index in [1.54, 1.807) is 0 Å². The summed E-state index contributed by atoms with van der Waals surface area (Å²) >= 11 is 0. The van der Waals surface area contributed by atoms with Crippen LogP contribution in [0.5, 0.6) is 0 Å². The van der Waals surface area contributed by atoms with E-state index in [1.807, 2.05) is 6.92 Å². The van der Waals surface area contributed by atoms with E-state index in [0.29, 0.717) is 18.9 Å². The van der Waals surface area contributed by atoms with Gasteiger partial charge in [-0.05, 0) is 18.9 Å². The van der Waals surface area contributed by atoms with Crippen LogP contribution in [0.3, 0.4) is 0 Å². The average molecular weight is 145 g/mol. The van der Waals surface area contributed by atoms with Gasteiger partial charge in [-0.3, -0.25) is 4.79 Å². The summed E-state index contributed by atoms with van der Waals surface area (Å²) in [6.45, 7) is 2.63. The van der Waals surface area contributed by atoms with Crippen molar-refractivity contribution in [2.24, 2.45) is 11.7 Å². The van der Waals surface area contributed by atoms with Crippen molar-refractivity contribution in [3.05, 3.63) is 0 Å². The zero-order valence-electron chi connectivity index (χ0n) is 6.34. The Labute approximate surface area is 61.2 Å². The normalized spacial score (nSPS) is 13.0. The van der Waals surface area contributed by atoms with E-state index in [1.165, 1.54) is 0 Å². The second-order valence-electron chi connectivity index (χ2n) is 2.44. The molecule has 1 atom stereocenters. The van der Waals surface area contributed by atoms with E-state index in [-0.39, 0.29) is 6.42 Å². The Morgan fingerprint density at radius 3 is 2.60 bits per heavy atom. The summed E-state index contributed by atoms with van der Waals surface area (Å²) < 4.78 is 0. The Hall–Kier alpha value is -0.570. The molecule has 3 heteroatoms. The van der Waals surface area contributed by atoms with Gasteiger partial charge in [0.15, 0.2) is 0 Å². The zero-order valence-corrected chi connectivity index (χ0v) is 6.34. The third-order valence-electron chi connectivity index (χ3n) is 1.68. The summed E-state index contributed by atoms with van der Waals surface area (Å²) in [6, 6.07) is 0. The Bertz CT molecular complexity index is 99.8. The first-order valence-electron chi connectivity index (χ1n) is 3.62. The van der Waals surface area contributed by atoms with E-state index < -0.39 is 5.97 Å². The molecule has 0 unspecified atom stereocenters. The molecule has 0 aromatic heterocycles. The minimum Gasteiger partial charge on any atom is -0.481 e. The SMILES string of the molecule is CC[C@@H](CN)CCC(=O)O. The van der Waals surface area contributed by atoms with Crippen molar-refractivity contribution in [2.75, 3.05) is 6.54 Å². The van der Waals surface area contributed by atoms with Gasteiger partial charge in [-0.25, -0.2) is 0 Å². The summed E-state index contributed by atoms with van der Waals surface area (Å²) in [5.41, 5.74) is 5.38. The van der Waals surface area contributed by atoms with E-state index in [2.05, 4.69) is 0 Å². The predicted octanol–water partition coefficient (Wildman–Crippen LogP) is 0.836. The van der Waals surface area contributed by atoms with Crippen molar-refractivity contribution in [3.63, 3.8) is 0 Å². The van der Waals surface area contributed by atoms with Crippen molar-refractivity contribution in [1.82, 2.24) is 0 Å². The molecule has 0 bridgehead atoms. The topological polar surface area (TPSA) is 63.3 Å². The van der Waals surface area contributed by atoms with Crippen molar-refractivity contribution in [2.45, 2.75) is 26.2 Å². The highest BCUT2D eigenvalue weighted by Gasteiger charge is 2.05. The molecule has 0 amide bonds. The fourth-order valence-corrected chi connectivity index (χ4v) is 0.816. The first kappa shape index (κ1) is 9.43. The van der Waals surface area contributed by atoms with Gasteiger partial charge in [0.1, 0.15) is 0 Å². The third kappa shape index (κ3) is 4.32. The molecule has 0 heterocycles. The minimum absolute atomic E-state index is 0.246. The van der Waals surface area contributed by atoms with Gasteiger partial charge in [-0.15, -0.1) is 0 Å². The molecule has 3 nitrogen and oxygen atoms in total. The van der Waals surface area contributed by atoms with Gasteiger partial charge in [0.05, 0.1) is 0 Å². The number of carbonyl (C=O) groups is 1. The lowest BCUT2D eigenvalue weighted by Crippen LogP contribution is -2.14. The Morgan fingerprint density at radius 2 is 2.30 bits per heavy atom. The molecule has 0 radical (unpaired) electrons. The van der Waals surface area contributed by atoms with Crippen molar-refractivity contribution in [3.8, 4) is 0 Å². The minimum atomic E-state index is -0.730. The van der Waals surface area contributed by atoms with Crippen LogP contribution < -0.4 is 5.73 Å². The van der Waals surface area contributed by atoms with Crippen LogP contribution in [0.1, 0.15) is 26.2 Å². The van der Waals surface area contributed by atoms with Gasteiger partial charge < -0.3 is 10.8 Å². The van der Waals surface area contributed by atoms with Crippen LogP contribution in [0.15, 0.2) is 0 Å². The number of nitrogens with two attached hydrogens (primary N) is 1. The van der Waals surface area contributed by atoms with Gasteiger partial charge in [-0.1, -0.05) is 13.3 Å². The molecule has 0 aromatic rings. The summed E-state index contributed by atoms with van der Waals surface area (Å²) in [6.07, 6.45) is 1.93. The second-order valence-corrected chi connectivity index (χ2v) is 2.44. The quantitative estimate of drug-likeness (QED) is 0.602. The molecule has 3 N–H and O–H groups in total. The first-order chi connectivity index (χ1) is 4.70. The van der Waals surface area contributed by atoms with Crippen LogP contribution in [0.4, 0.5) is 0 Å². The van der Waals surface area contributed by atoms with Gasteiger partial charge in [0.2, 0.25) is 0 Å². The maximum atomic E-state index is 10.1. The van der Waals surface area contributed by atoms with Crippen LogP contribution in [-0.2, 0) is 4.79 Å².